The van der Waals surface area contributed by atoms with Crippen LogP contribution >= 0.6 is 0 Å². The number of rotatable bonds is 1. The summed E-state index contributed by atoms with van der Waals surface area (Å²) >= 11 is 0. The van der Waals surface area contributed by atoms with E-state index in [-0.39, 0.29) is 11.5 Å². The van der Waals surface area contributed by atoms with Crippen molar-refractivity contribution in [3.8, 4) is 0 Å². The van der Waals surface area contributed by atoms with Crippen LogP contribution in [-0.4, -0.2) is 60.5 Å². The summed E-state index contributed by atoms with van der Waals surface area (Å²) in [5, 5.41) is 3.30. The molecule has 1 amide bonds. The third-order valence-corrected chi connectivity index (χ3v) is 4.15. The number of carbonyl (C=O) groups excluding carboxylic acids is 1. The first-order valence-corrected chi connectivity index (χ1v) is 7.23. The van der Waals surface area contributed by atoms with Crippen LogP contribution in [-0.2, 0) is 4.79 Å². The van der Waals surface area contributed by atoms with Crippen molar-refractivity contribution in [3.63, 3.8) is 0 Å². The van der Waals surface area contributed by atoms with Gasteiger partial charge < -0.3 is 10.2 Å². The fraction of sp³-hybridized carbons (Fsp3) is 0.929. The zero-order valence-corrected chi connectivity index (χ0v) is 12.0. The monoisotopic (exact) mass is 253 g/mol. The Morgan fingerprint density at radius 2 is 1.83 bits per heavy atom. The Morgan fingerprint density at radius 3 is 2.44 bits per heavy atom. The highest BCUT2D eigenvalue weighted by molar-refractivity contribution is 5.79. The summed E-state index contributed by atoms with van der Waals surface area (Å²) in [5.74, 6) is 0.599. The van der Waals surface area contributed by atoms with Gasteiger partial charge in [-0.05, 0) is 40.2 Å². The second-order valence-corrected chi connectivity index (χ2v) is 6.53. The van der Waals surface area contributed by atoms with Crippen molar-refractivity contribution in [1.29, 1.82) is 0 Å². The normalized spacial score (nSPS) is 27.3. The molecule has 1 unspecified atom stereocenters. The van der Waals surface area contributed by atoms with Gasteiger partial charge in [0.25, 0.3) is 0 Å². The minimum atomic E-state index is 0.183. The lowest BCUT2D eigenvalue weighted by Crippen LogP contribution is -2.54. The number of piperidine rings is 1. The van der Waals surface area contributed by atoms with Crippen molar-refractivity contribution in [2.45, 2.75) is 39.2 Å². The number of nitrogens with one attached hydrogen (secondary N) is 1. The van der Waals surface area contributed by atoms with E-state index in [4.69, 9.17) is 0 Å². The molecule has 0 aromatic carbocycles. The fourth-order valence-corrected chi connectivity index (χ4v) is 2.93. The first-order chi connectivity index (χ1) is 8.48. The molecule has 0 saturated carbocycles. The molecule has 2 aliphatic heterocycles. The first kappa shape index (κ1) is 13.8. The molecule has 0 bridgehead atoms. The molecule has 2 aliphatic rings. The van der Waals surface area contributed by atoms with E-state index in [1.807, 2.05) is 4.90 Å². The number of likely N-dealkylation sites (tertiary alicyclic amines) is 1. The van der Waals surface area contributed by atoms with Gasteiger partial charge in [-0.1, -0.05) is 0 Å². The third-order valence-electron chi connectivity index (χ3n) is 4.15. The molecule has 104 valence electrons. The van der Waals surface area contributed by atoms with E-state index in [1.165, 1.54) is 0 Å². The highest BCUT2D eigenvalue weighted by Crippen LogP contribution is 2.25. The lowest BCUT2D eigenvalue weighted by Gasteiger charge is -2.42. The lowest BCUT2D eigenvalue weighted by molar-refractivity contribution is -0.138. The van der Waals surface area contributed by atoms with Crippen LogP contribution in [0.15, 0.2) is 0 Å². The van der Waals surface area contributed by atoms with Crippen molar-refractivity contribution in [2.75, 3.05) is 39.3 Å². The molecule has 0 radical (unpaired) electrons. The topological polar surface area (TPSA) is 35.6 Å². The average Bonchev–Trinajstić information content (AvgIpc) is 2.38. The molecule has 4 nitrogen and oxygen atoms in total. The van der Waals surface area contributed by atoms with Gasteiger partial charge in [0.2, 0.25) is 5.91 Å². The van der Waals surface area contributed by atoms with Gasteiger partial charge in [0.05, 0.1) is 5.92 Å². The minimum absolute atomic E-state index is 0.183. The van der Waals surface area contributed by atoms with Crippen molar-refractivity contribution in [1.82, 2.24) is 15.1 Å². The number of carbonyl (C=O) groups is 1. The number of nitrogens with zero attached hydrogens (tertiary/aromatic N) is 2. The molecule has 0 spiro atoms. The predicted octanol–water partition coefficient (Wildman–Crippen LogP) is 0.929. The summed E-state index contributed by atoms with van der Waals surface area (Å²) in [6.45, 7) is 12.4. The van der Waals surface area contributed by atoms with E-state index >= 15 is 0 Å². The Morgan fingerprint density at radius 1 is 1.17 bits per heavy atom. The van der Waals surface area contributed by atoms with E-state index in [9.17, 15) is 4.79 Å². The molecule has 2 fully saturated rings. The smallest absolute Gasteiger partial charge is 0.227 e. The summed E-state index contributed by atoms with van der Waals surface area (Å²) in [6, 6.07) is 0. The number of hydrogen-bond acceptors (Lipinski definition) is 3. The molecule has 0 aromatic rings. The van der Waals surface area contributed by atoms with Crippen LogP contribution in [0.1, 0.15) is 33.6 Å². The number of piperazine rings is 1. The second-order valence-electron chi connectivity index (χ2n) is 6.53. The molecule has 4 heteroatoms. The van der Waals surface area contributed by atoms with Gasteiger partial charge in [-0.3, -0.25) is 9.69 Å². The zero-order valence-electron chi connectivity index (χ0n) is 12.0. The van der Waals surface area contributed by atoms with E-state index in [0.717, 1.165) is 52.1 Å². The SMILES string of the molecule is CC(C)(C)N1CCCC(C(=O)N2CCNCC2)C1. The summed E-state index contributed by atoms with van der Waals surface area (Å²) in [7, 11) is 0. The van der Waals surface area contributed by atoms with Gasteiger partial charge in [-0.15, -0.1) is 0 Å². The molecule has 18 heavy (non-hydrogen) atoms. The fourth-order valence-electron chi connectivity index (χ4n) is 2.93. The van der Waals surface area contributed by atoms with Gasteiger partial charge >= 0.3 is 0 Å². The van der Waals surface area contributed by atoms with Gasteiger partial charge in [0.1, 0.15) is 0 Å². The molecule has 2 saturated heterocycles. The molecule has 0 aromatic heterocycles. The minimum Gasteiger partial charge on any atom is -0.340 e. The lowest BCUT2D eigenvalue weighted by atomic mass is 9.92. The van der Waals surface area contributed by atoms with E-state index in [0.29, 0.717) is 5.91 Å². The predicted molar refractivity (Wildman–Crippen MR) is 73.5 cm³/mol. The van der Waals surface area contributed by atoms with Crippen molar-refractivity contribution < 1.29 is 4.79 Å². The van der Waals surface area contributed by atoms with E-state index in [1.54, 1.807) is 0 Å². The Bertz CT molecular complexity index is 292. The van der Waals surface area contributed by atoms with Crippen LogP contribution in [0.25, 0.3) is 0 Å². The van der Waals surface area contributed by atoms with Crippen molar-refractivity contribution in [2.24, 2.45) is 5.92 Å². The largest absolute Gasteiger partial charge is 0.340 e. The second kappa shape index (κ2) is 5.57. The Balaban J connectivity index is 1.93. The highest BCUT2D eigenvalue weighted by atomic mass is 16.2. The zero-order chi connectivity index (χ0) is 13.2. The van der Waals surface area contributed by atoms with Crippen LogP contribution in [0.2, 0.25) is 0 Å². The molecule has 0 aliphatic carbocycles. The summed E-state index contributed by atoms with van der Waals surface area (Å²) < 4.78 is 0. The molecule has 2 heterocycles. The van der Waals surface area contributed by atoms with Crippen LogP contribution in [0.3, 0.4) is 0 Å². The Kier molecular flexibility index (Phi) is 4.28. The maximum absolute atomic E-state index is 12.5. The van der Waals surface area contributed by atoms with Crippen LogP contribution in [0, 0.1) is 5.92 Å². The van der Waals surface area contributed by atoms with Crippen LogP contribution in [0.5, 0.6) is 0 Å². The first-order valence-electron chi connectivity index (χ1n) is 7.23. The van der Waals surface area contributed by atoms with Crippen LogP contribution in [0.4, 0.5) is 0 Å². The standard InChI is InChI=1S/C14H27N3O/c1-14(2,3)17-8-4-5-12(11-17)13(18)16-9-6-15-7-10-16/h12,15H,4-11H2,1-3H3. The molecule has 2 rings (SSSR count). The Hall–Kier alpha value is -0.610. The molecule has 1 N–H and O–H groups in total. The Labute approximate surface area is 111 Å². The van der Waals surface area contributed by atoms with E-state index < -0.39 is 0 Å². The third kappa shape index (κ3) is 3.23. The number of hydrogen-bond donors (Lipinski definition) is 1. The van der Waals surface area contributed by atoms with Gasteiger partial charge in [-0.25, -0.2) is 0 Å². The summed E-state index contributed by atoms with van der Waals surface area (Å²) in [5.41, 5.74) is 0.183. The average molecular weight is 253 g/mol. The highest BCUT2D eigenvalue weighted by Gasteiger charge is 2.33. The summed E-state index contributed by atoms with van der Waals surface area (Å²) in [4.78, 5) is 17.0. The number of amides is 1. The van der Waals surface area contributed by atoms with Crippen molar-refractivity contribution in [3.05, 3.63) is 0 Å². The maximum atomic E-state index is 12.5. The molecular weight excluding hydrogens is 226 g/mol. The quantitative estimate of drug-likeness (QED) is 0.755. The van der Waals surface area contributed by atoms with Gasteiger partial charge in [0, 0.05) is 38.3 Å². The van der Waals surface area contributed by atoms with Gasteiger partial charge in [0.15, 0.2) is 0 Å². The maximum Gasteiger partial charge on any atom is 0.227 e. The molecular formula is C14H27N3O. The molecule has 1 atom stereocenters. The van der Waals surface area contributed by atoms with Gasteiger partial charge in [-0.2, -0.15) is 0 Å². The van der Waals surface area contributed by atoms with Crippen LogP contribution < -0.4 is 5.32 Å². The van der Waals surface area contributed by atoms with Crippen molar-refractivity contribution >= 4 is 5.91 Å². The summed E-state index contributed by atoms with van der Waals surface area (Å²) in [6.07, 6.45) is 2.22. The van der Waals surface area contributed by atoms with E-state index in [2.05, 4.69) is 31.0 Å².